The van der Waals surface area contributed by atoms with Crippen LogP contribution < -0.4 is 0 Å². The molecule has 0 atom stereocenters. The first-order valence-electron chi connectivity index (χ1n) is 5.94. The number of hydrogen-bond acceptors (Lipinski definition) is 0. The fourth-order valence-electron chi connectivity index (χ4n) is 2.44. The summed E-state index contributed by atoms with van der Waals surface area (Å²) in [6.07, 6.45) is 0. The van der Waals surface area contributed by atoms with E-state index in [4.69, 9.17) is 9.30 Å². The molecular weight excluding hydrogens is 227 g/mol. The van der Waals surface area contributed by atoms with Gasteiger partial charge in [-0.15, -0.1) is 0 Å². The molecule has 14 heavy (non-hydrogen) atoms. The first-order chi connectivity index (χ1) is 6.25. The normalized spacial score (nSPS) is 13.3. The van der Waals surface area contributed by atoms with Crippen molar-refractivity contribution in [2.45, 2.75) is 55.7 Å². The van der Waals surface area contributed by atoms with Crippen LogP contribution >= 0.6 is 9.30 Å². The zero-order valence-corrected chi connectivity index (χ0v) is 13.0. The summed E-state index contributed by atoms with van der Waals surface area (Å²) in [4.78, 5) is 0. The standard InChI is InChI=1S/3C4H9.ClH.Ti/c3*1-4(2)3;;/h3*4H,1H2,2-3H3;1H;/q;;;;+1/p-1. The fourth-order valence-corrected chi connectivity index (χ4v) is 13.9. The second-order valence-corrected chi connectivity index (χ2v) is 14.8. The SMILES string of the molecule is CC(C)[CH2][Ti]([Cl])([CH2]C(C)C)[CH2]C(C)C. The van der Waals surface area contributed by atoms with Crippen molar-refractivity contribution in [3.05, 3.63) is 0 Å². The molecule has 0 aromatic heterocycles. The van der Waals surface area contributed by atoms with Gasteiger partial charge in [-0.25, -0.2) is 0 Å². The second-order valence-electron chi connectivity index (χ2n) is 5.94. The molecule has 0 amide bonds. The van der Waals surface area contributed by atoms with Gasteiger partial charge in [0.1, 0.15) is 0 Å². The zero-order chi connectivity index (χ0) is 11.4. The molecule has 0 heterocycles. The van der Waals surface area contributed by atoms with Crippen molar-refractivity contribution in [1.82, 2.24) is 0 Å². The van der Waals surface area contributed by atoms with Crippen LogP contribution in [0.4, 0.5) is 0 Å². The molecule has 2 heteroatoms. The summed E-state index contributed by atoms with van der Waals surface area (Å²) in [6.45, 7) is 13.9. The molecule has 0 saturated heterocycles. The van der Waals surface area contributed by atoms with E-state index < -0.39 is 15.5 Å². The summed E-state index contributed by atoms with van der Waals surface area (Å²) in [5, 5.41) is 0. The van der Waals surface area contributed by atoms with Gasteiger partial charge in [0.15, 0.2) is 0 Å². The molecule has 0 aliphatic rings. The van der Waals surface area contributed by atoms with Crippen molar-refractivity contribution >= 4 is 9.30 Å². The molecule has 0 aliphatic heterocycles. The zero-order valence-electron chi connectivity index (χ0n) is 10.7. The van der Waals surface area contributed by atoms with E-state index in [0.29, 0.717) is 0 Å². The Balaban J connectivity index is 4.32. The van der Waals surface area contributed by atoms with Gasteiger partial charge < -0.3 is 0 Å². The summed E-state index contributed by atoms with van der Waals surface area (Å²) in [5.41, 5.74) is 0. The number of rotatable bonds is 6. The maximum absolute atomic E-state index is 6.91. The summed E-state index contributed by atoms with van der Waals surface area (Å²) >= 11 is -1.99. The van der Waals surface area contributed by atoms with E-state index in [1.165, 1.54) is 14.2 Å². The molecule has 0 saturated carbocycles. The molecule has 0 bridgehead atoms. The Hall–Kier alpha value is 1.00. The van der Waals surface area contributed by atoms with E-state index in [2.05, 4.69) is 41.5 Å². The molecule has 0 nitrogen and oxygen atoms in total. The Morgan fingerprint density at radius 1 is 0.714 bits per heavy atom. The molecular formula is C12H27ClTi. The van der Waals surface area contributed by atoms with Crippen LogP contribution in [-0.4, -0.2) is 0 Å². The molecule has 0 rings (SSSR count). The van der Waals surface area contributed by atoms with Gasteiger partial charge in [0.2, 0.25) is 0 Å². The summed E-state index contributed by atoms with van der Waals surface area (Å²) in [7, 11) is 6.91. The van der Waals surface area contributed by atoms with Crippen LogP contribution in [0, 0.1) is 17.8 Å². The Morgan fingerprint density at radius 3 is 1.07 bits per heavy atom. The van der Waals surface area contributed by atoms with Gasteiger partial charge in [-0.2, -0.15) is 0 Å². The van der Waals surface area contributed by atoms with Crippen LogP contribution in [0.5, 0.6) is 0 Å². The van der Waals surface area contributed by atoms with Crippen molar-refractivity contribution in [2.24, 2.45) is 17.8 Å². The summed E-state index contributed by atoms with van der Waals surface area (Å²) < 4.78 is 3.99. The van der Waals surface area contributed by atoms with Crippen LogP contribution in [0.2, 0.25) is 14.2 Å². The average Bonchev–Trinajstić information content (AvgIpc) is 1.76. The van der Waals surface area contributed by atoms with Gasteiger partial charge in [-0.3, -0.25) is 0 Å². The number of halogens is 1. The Labute approximate surface area is 98.0 Å². The molecule has 0 spiro atoms. The molecule has 0 radical (unpaired) electrons. The van der Waals surface area contributed by atoms with Gasteiger partial charge in [0.05, 0.1) is 0 Å². The van der Waals surface area contributed by atoms with E-state index in [9.17, 15) is 0 Å². The van der Waals surface area contributed by atoms with Gasteiger partial charge >= 0.3 is 98.3 Å². The van der Waals surface area contributed by atoms with Crippen molar-refractivity contribution < 1.29 is 15.5 Å². The van der Waals surface area contributed by atoms with Crippen LogP contribution in [0.15, 0.2) is 0 Å². The van der Waals surface area contributed by atoms with Crippen LogP contribution in [0.25, 0.3) is 0 Å². The molecule has 0 aromatic carbocycles. The number of hydrogen-bond donors (Lipinski definition) is 0. The van der Waals surface area contributed by atoms with E-state index in [-0.39, 0.29) is 0 Å². The average molecular weight is 255 g/mol. The third-order valence-electron chi connectivity index (χ3n) is 2.32. The monoisotopic (exact) mass is 254 g/mol. The van der Waals surface area contributed by atoms with Crippen LogP contribution in [0.1, 0.15) is 41.5 Å². The predicted octanol–water partition coefficient (Wildman–Crippen LogP) is 5.52. The van der Waals surface area contributed by atoms with E-state index >= 15 is 0 Å². The molecule has 0 fully saturated rings. The Morgan fingerprint density at radius 2 is 0.929 bits per heavy atom. The van der Waals surface area contributed by atoms with Gasteiger partial charge in [-0.1, -0.05) is 0 Å². The second kappa shape index (κ2) is 6.56. The van der Waals surface area contributed by atoms with Crippen LogP contribution in [-0.2, 0) is 15.5 Å². The maximum atomic E-state index is 6.91. The van der Waals surface area contributed by atoms with Crippen molar-refractivity contribution in [1.29, 1.82) is 0 Å². The fraction of sp³-hybridized carbons (Fsp3) is 1.00. The third-order valence-corrected chi connectivity index (χ3v) is 11.5. The predicted molar refractivity (Wildman–Crippen MR) is 64.8 cm³/mol. The first kappa shape index (κ1) is 15.0. The molecule has 0 unspecified atom stereocenters. The Kier molecular flexibility index (Phi) is 7.03. The van der Waals surface area contributed by atoms with Gasteiger partial charge in [0, 0.05) is 0 Å². The molecule has 86 valence electrons. The quantitative estimate of drug-likeness (QED) is 0.548. The van der Waals surface area contributed by atoms with E-state index in [0.717, 1.165) is 17.8 Å². The molecule has 0 aromatic rings. The summed E-state index contributed by atoms with van der Waals surface area (Å²) in [5.74, 6) is 2.35. The topological polar surface area (TPSA) is 0 Å². The van der Waals surface area contributed by atoms with Gasteiger partial charge in [-0.05, 0) is 0 Å². The Bertz CT molecular complexity index is 126. The summed E-state index contributed by atoms with van der Waals surface area (Å²) in [6, 6.07) is 0. The minimum absolute atomic E-state index is 0.782. The van der Waals surface area contributed by atoms with Gasteiger partial charge in [0.25, 0.3) is 0 Å². The van der Waals surface area contributed by atoms with Crippen molar-refractivity contribution in [3.8, 4) is 0 Å². The van der Waals surface area contributed by atoms with E-state index in [1.54, 1.807) is 0 Å². The molecule has 0 aliphatic carbocycles. The van der Waals surface area contributed by atoms with Crippen LogP contribution in [0.3, 0.4) is 0 Å². The first-order valence-corrected chi connectivity index (χ1v) is 11.4. The van der Waals surface area contributed by atoms with Crippen molar-refractivity contribution in [3.63, 3.8) is 0 Å². The minimum atomic E-state index is -1.99. The molecule has 0 N–H and O–H groups in total. The van der Waals surface area contributed by atoms with Crippen molar-refractivity contribution in [2.75, 3.05) is 0 Å². The van der Waals surface area contributed by atoms with E-state index in [1.807, 2.05) is 0 Å². The third kappa shape index (κ3) is 7.32.